The highest BCUT2D eigenvalue weighted by Crippen LogP contribution is 2.68. The lowest BCUT2D eigenvalue weighted by molar-refractivity contribution is -0.284. The molecule has 45 heavy (non-hydrogen) atoms. The van der Waals surface area contributed by atoms with Crippen molar-refractivity contribution in [3.63, 3.8) is 0 Å². The Labute approximate surface area is 268 Å². The molecule has 0 bridgehead atoms. The number of hydrogen-bond acceptors (Lipinski definition) is 4. The van der Waals surface area contributed by atoms with Gasteiger partial charge in [-0.05, 0) is 91.8 Å². The van der Waals surface area contributed by atoms with E-state index in [0.29, 0.717) is 48.2 Å². The van der Waals surface area contributed by atoms with Crippen LogP contribution < -0.4 is 0 Å². The van der Waals surface area contributed by atoms with Crippen LogP contribution in [0.5, 0.6) is 0 Å². The number of Topliss-reactive ketones (excluding diaryl/α,β-unsaturated/α-hetero) is 1. The average molecular weight is 669 g/mol. The van der Waals surface area contributed by atoms with Crippen molar-refractivity contribution in [2.75, 3.05) is 11.5 Å². The number of rotatable bonds is 16. The number of hydrogen-bond donors (Lipinski definition) is 1. The molecule has 0 radical (unpaired) electrons. The van der Waals surface area contributed by atoms with Gasteiger partial charge in [0, 0.05) is 19.3 Å². The van der Waals surface area contributed by atoms with Crippen molar-refractivity contribution in [3.05, 3.63) is 0 Å². The molecule has 0 amide bonds. The van der Waals surface area contributed by atoms with E-state index in [9.17, 15) is 40.3 Å². The van der Waals surface area contributed by atoms with Gasteiger partial charge in [-0.2, -0.15) is 22.0 Å². The second-order valence-electron chi connectivity index (χ2n) is 15.8. The number of sulfone groups is 1. The number of aliphatic hydroxyl groups excluding tert-OH is 1. The van der Waals surface area contributed by atoms with Gasteiger partial charge < -0.3 is 5.11 Å². The van der Waals surface area contributed by atoms with Crippen LogP contribution in [0.1, 0.15) is 142 Å². The highest BCUT2D eigenvalue weighted by atomic mass is 32.2. The van der Waals surface area contributed by atoms with Gasteiger partial charge in [-0.3, -0.25) is 4.79 Å². The van der Waals surface area contributed by atoms with Crippen LogP contribution in [-0.4, -0.2) is 49.0 Å². The average Bonchev–Trinajstić information content (AvgIpc) is 3.24. The summed E-state index contributed by atoms with van der Waals surface area (Å²) in [6.07, 6.45) is 10.0. The summed E-state index contributed by atoms with van der Waals surface area (Å²) in [7, 11) is -3.63. The maximum atomic E-state index is 13.0. The van der Waals surface area contributed by atoms with E-state index in [4.69, 9.17) is 0 Å². The molecule has 262 valence electrons. The maximum absolute atomic E-state index is 13.0. The highest BCUT2D eigenvalue weighted by molar-refractivity contribution is 7.91. The van der Waals surface area contributed by atoms with E-state index in [2.05, 4.69) is 13.8 Å². The molecule has 1 N–H and O–H groups in total. The minimum absolute atomic E-state index is 0.0284. The van der Waals surface area contributed by atoms with Gasteiger partial charge >= 0.3 is 12.1 Å². The van der Waals surface area contributed by atoms with Crippen molar-refractivity contribution in [2.45, 2.75) is 160 Å². The molecule has 4 fully saturated rings. The lowest BCUT2D eigenvalue weighted by Crippen LogP contribution is -2.57. The van der Waals surface area contributed by atoms with Crippen molar-refractivity contribution in [1.29, 1.82) is 0 Å². The summed E-state index contributed by atoms with van der Waals surface area (Å²) in [5.74, 6) is -2.12. The summed E-state index contributed by atoms with van der Waals surface area (Å²) in [6.45, 7) is 4.85. The van der Waals surface area contributed by atoms with Crippen LogP contribution >= 0.6 is 0 Å². The standard InChI is InChI=1S/C35H57F5O4S/c1-32-20-18-27(41)23-26(32)14-15-28-29-16-17-30(42)33(29,2)24-25(31(28)32)13-10-8-6-4-3-5-7-9-11-21-45(43,44)22-12-19-34(36,37)35(38,39)40/h25-26,28-31,42H,3-24H2,1-2H3/t25-,26-,28-,29-,30-,31-,32-,33-/m0/s1. The van der Waals surface area contributed by atoms with Gasteiger partial charge in [0.15, 0.2) is 0 Å². The normalized spacial score (nSPS) is 35.6. The van der Waals surface area contributed by atoms with E-state index >= 15 is 0 Å². The first-order valence-corrected chi connectivity index (χ1v) is 19.7. The molecule has 0 aliphatic heterocycles. The molecule has 0 spiro atoms. The summed E-state index contributed by atoms with van der Waals surface area (Å²) >= 11 is 0. The topological polar surface area (TPSA) is 71.4 Å². The minimum atomic E-state index is -5.65. The Balaban J connectivity index is 1.12. The van der Waals surface area contributed by atoms with E-state index in [1.54, 1.807) is 0 Å². The molecule has 8 atom stereocenters. The number of fused-ring (bicyclic) bond motifs is 5. The fraction of sp³-hybridized carbons (Fsp3) is 0.971. The Bertz CT molecular complexity index is 1090. The van der Waals surface area contributed by atoms with Crippen LogP contribution in [0.25, 0.3) is 0 Å². The third kappa shape index (κ3) is 8.64. The summed E-state index contributed by atoms with van der Waals surface area (Å²) in [4.78, 5) is 12.4. The van der Waals surface area contributed by atoms with Crippen LogP contribution in [0.15, 0.2) is 0 Å². The zero-order chi connectivity index (χ0) is 33.1. The Morgan fingerprint density at radius 3 is 2.04 bits per heavy atom. The number of ketones is 1. The van der Waals surface area contributed by atoms with E-state index < -0.39 is 40.5 Å². The third-order valence-electron chi connectivity index (χ3n) is 12.9. The Hall–Kier alpha value is -0.770. The van der Waals surface area contributed by atoms with Gasteiger partial charge in [0.25, 0.3) is 0 Å². The summed E-state index contributed by atoms with van der Waals surface area (Å²) in [5.41, 5.74) is 0.276. The van der Waals surface area contributed by atoms with Gasteiger partial charge in [-0.1, -0.05) is 71.6 Å². The lowest BCUT2D eigenvalue weighted by atomic mass is 9.42. The number of halogens is 5. The Kier molecular flexibility index (Phi) is 12.2. The molecular weight excluding hydrogens is 611 g/mol. The highest BCUT2D eigenvalue weighted by Gasteiger charge is 2.62. The molecule has 0 aromatic rings. The zero-order valence-electron chi connectivity index (χ0n) is 27.5. The quantitative estimate of drug-likeness (QED) is 0.131. The smallest absolute Gasteiger partial charge is 0.393 e. The Morgan fingerprint density at radius 2 is 1.40 bits per heavy atom. The SMILES string of the molecule is C[C@]12CCC(=O)C[C@@H]1CC[C@@H]1[C@@H]2[C@@H](CCCCCCCCCCCS(=O)(=O)CCCC(F)(F)C(F)(F)F)C[C@]2(C)[C@@H](O)CC[C@@H]12. The van der Waals surface area contributed by atoms with Crippen molar-refractivity contribution in [1.82, 2.24) is 0 Å². The summed E-state index contributed by atoms with van der Waals surface area (Å²) in [6, 6.07) is 0. The van der Waals surface area contributed by atoms with Crippen LogP contribution in [0.2, 0.25) is 0 Å². The van der Waals surface area contributed by atoms with Crippen molar-refractivity contribution in [3.8, 4) is 0 Å². The molecule has 0 aromatic heterocycles. The minimum Gasteiger partial charge on any atom is -0.393 e. The number of aliphatic hydroxyl groups is 1. The lowest BCUT2D eigenvalue weighted by Gasteiger charge is -2.62. The van der Waals surface area contributed by atoms with E-state index in [1.807, 2.05) is 0 Å². The van der Waals surface area contributed by atoms with Crippen LogP contribution in [-0.2, 0) is 14.6 Å². The molecule has 0 aromatic carbocycles. The molecule has 4 aliphatic carbocycles. The van der Waals surface area contributed by atoms with Crippen molar-refractivity contribution in [2.24, 2.45) is 40.4 Å². The second kappa shape index (κ2) is 14.8. The summed E-state index contributed by atoms with van der Waals surface area (Å²) < 4.78 is 86.8. The molecule has 4 aliphatic rings. The van der Waals surface area contributed by atoms with E-state index in [1.165, 1.54) is 32.1 Å². The van der Waals surface area contributed by atoms with E-state index in [-0.39, 0.29) is 22.7 Å². The van der Waals surface area contributed by atoms with Gasteiger partial charge in [-0.15, -0.1) is 0 Å². The molecule has 10 heteroatoms. The fourth-order valence-corrected chi connectivity index (χ4v) is 11.9. The first-order chi connectivity index (χ1) is 21.0. The fourth-order valence-electron chi connectivity index (χ4n) is 10.4. The van der Waals surface area contributed by atoms with Gasteiger partial charge in [-0.25, -0.2) is 8.42 Å². The van der Waals surface area contributed by atoms with Crippen molar-refractivity contribution < 1.29 is 40.3 Å². The molecule has 4 saturated carbocycles. The number of carbonyl (C=O) groups excluding carboxylic acids is 1. The monoisotopic (exact) mass is 668 g/mol. The summed E-state index contributed by atoms with van der Waals surface area (Å²) in [5, 5.41) is 11.1. The largest absolute Gasteiger partial charge is 0.453 e. The van der Waals surface area contributed by atoms with E-state index in [0.717, 1.165) is 70.6 Å². The molecular formula is C35H57F5O4S. The van der Waals surface area contributed by atoms with Gasteiger partial charge in [0.2, 0.25) is 0 Å². The second-order valence-corrected chi connectivity index (χ2v) is 18.1. The number of carbonyl (C=O) groups is 1. The zero-order valence-corrected chi connectivity index (χ0v) is 28.3. The van der Waals surface area contributed by atoms with Crippen LogP contribution in [0, 0.1) is 40.4 Å². The molecule has 0 saturated heterocycles. The van der Waals surface area contributed by atoms with Crippen LogP contribution in [0.3, 0.4) is 0 Å². The first kappa shape index (κ1) is 37.1. The third-order valence-corrected chi connectivity index (χ3v) is 14.7. The van der Waals surface area contributed by atoms with Gasteiger partial charge in [0.1, 0.15) is 15.6 Å². The Morgan fingerprint density at radius 1 is 0.800 bits per heavy atom. The van der Waals surface area contributed by atoms with Crippen molar-refractivity contribution >= 4 is 15.6 Å². The van der Waals surface area contributed by atoms with Gasteiger partial charge in [0.05, 0.1) is 17.6 Å². The maximum Gasteiger partial charge on any atom is 0.453 e. The predicted molar refractivity (Wildman–Crippen MR) is 167 cm³/mol. The molecule has 0 heterocycles. The number of alkyl halides is 5. The molecule has 4 nitrogen and oxygen atoms in total. The molecule has 4 rings (SSSR count). The van der Waals surface area contributed by atoms with Crippen LogP contribution in [0.4, 0.5) is 22.0 Å². The molecule has 0 unspecified atom stereocenters. The number of unbranched alkanes of at least 4 members (excludes halogenated alkanes) is 8. The predicted octanol–water partition coefficient (Wildman–Crippen LogP) is 9.48. The first-order valence-electron chi connectivity index (χ1n) is 17.8.